The molecular formula is C15H23N3O3. The number of amides is 1. The first kappa shape index (κ1) is 15.7. The maximum Gasteiger partial charge on any atom is 0.255 e. The van der Waals surface area contributed by atoms with E-state index in [1.165, 1.54) is 6.20 Å². The van der Waals surface area contributed by atoms with Crippen LogP contribution in [0.2, 0.25) is 0 Å². The predicted molar refractivity (Wildman–Crippen MR) is 79.4 cm³/mol. The van der Waals surface area contributed by atoms with Crippen molar-refractivity contribution >= 4 is 5.91 Å². The molecule has 2 heterocycles. The lowest BCUT2D eigenvalue weighted by Crippen LogP contribution is -2.38. The van der Waals surface area contributed by atoms with Gasteiger partial charge in [0.25, 0.3) is 5.91 Å². The maximum absolute atomic E-state index is 12.5. The van der Waals surface area contributed by atoms with Gasteiger partial charge in [0.05, 0.1) is 30.0 Å². The number of aliphatic hydroxyl groups excluding tert-OH is 1. The molecule has 0 radical (unpaired) electrons. The topological polar surface area (TPSA) is 65.9 Å². The van der Waals surface area contributed by atoms with Crippen LogP contribution in [-0.4, -0.2) is 71.2 Å². The van der Waals surface area contributed by atoms with E-state index in [1.807, 2.05) is 32.8 Å². The molecule has 0 bridgehead atoms. The van der Waals surface area contributed by atoms with Crippen LogP contribution < -0.4 is 4.74 Å². The van der Waals surface area contributed by atoms with Crippen molar-refractivity contribution in [2.45, 2.75) is 32.1 Å². The van der Waals surface area contributed by atoms with Crippen molar-refractivity contribution in [1.29, 1.82) is 0 Å². The first-order valence-corrected chi connectivity index (χ1v) is 7.14. The number of carbonyl (C=O) groups is 1. The van der Waals surface area contributed by atoms with Crippen LogP contribution in [0, 0.1) is 0 Å². The highest BCUT2D eigenvalue weighted by molar-refractivity contribution is 5.94. The molecule has 2 rings (SSSR count). The van der Waals surface area contributed by atoms with Gasteiger partial charge in [0.2, 0.25) is 0 Å². The number of pyridine rings is 1. The quantitative estimate of drug-likeness (QED) is 0.881. The Labute approximate surface area is 125 Å². The van der Waals surface area contributed by atoms with E-state index >= 15 is 0 Å². The number of hydrogen-bond acceptors (Lipinski definition) is 5. The summed E-state index contributed by atoms with van der Waals surface area (Å²) in [6.45, 7) is 4.71. The summed E-state index contributed by atoms with van der Waals surface area (Å²) in [5.74, 6) is 0.458. The molecule has 0 unspecified atom stereocenters. The van der Waals surface area contributed by atoms with Crippen molar-refractivity contribution in [3.05, 3.63) is 24.0 Å². The molecule has 1 aliphatic heterocycles. The Morgan fingerprint density at radius 2 is 2.14 bits per heavy atom. The molecule has 6 heteroatoms. The first-order valence-electron chi connectivity index (χ1n) is 7.14. The summed E-state index contributed by atoms with van der Waals surface area (Å²) in [5, 5.41) is 10.0. The van der Waals surface area contributed by atoms with Crippen LogP contribution in [0.15, 0.2) is 18.5 Å². The van der Waals surface area contributed by atoms with E-state index in [9.17, 15) is 9.90 Å². The van der Waals surface area contributed by atoms with Crippen LogP contribution in [0.3, 0.4) is 0 Å². The number of ether oxygens (including phenoxy) is 1. The lowest BCUT2D eigenvalue weighted by atomic mass is 10.2. The minimum atomic E-state index is -0.521. The van der Waals surface area contributed by atoms with Gasteiger partial charge in [-0.05, 0) is 34.0 Å². The molecule has 1 N–H and O–H groups in total. The molecular weight excluding hydrogens is 270 g/mol. The van der Waals surface area contributed by atoms with Gasteiger partial charge in [-0.3, -0.25) is 9.78 Å². The van der Waals surface area contributed by atoms with Crippen LogP contribution in [-0.2, 0) is 0 Å². The lowest BCUT2D eigenvalue weighted by molar-refractivity contribution is 0.0763. The second-order valence-electron chi connectivity index (χ2n) is 5.88. The average Bonchev–Trinajstić information content (AvgIpc) is 2.79. The fourth-order valence-corrected chi connectivity index (χ4v) is 2.50. The van der Waals surface area contributed by atoms with Crippen LogP contribution in [0.4, 0.5) is 0 Å². The normalized spacial score (nSPS) is 22.1. The Bertz CT molecular complexity index is 505. The van der Waals surface area contributed by atoms with Crippen molar-refractivity contribution in [3.63, 3.8) is 0 Å². The second kappa shape index (κ2) is 6.41. The summed E-state index contributed by atoms with van der Waals surface area (Å²) >= 11 is 0. The fourth-order valence-electron chi connectivity index (χ4n) is 2.50. The molecule has 1 saturated heterocycles. The van der Waals surface area contributed by atoms with Crippen LogP contribution in [0.1, 0.15) is 24.2 Å². The number of likely N-dealkylation sites (N-methyl/N-ethyl adjacent to an activating group) is 1. The molecule has 0 saturated carbocycles. The maximum atomic E-state index is 12.5. The minimum absolute atomic E-state index is 0.0306. The van der Waals surface area contributed by atoms with Gasteiger partial charge < -0.3 is 19.6 Å². The monoisotopic (exact) mass is 293 g/mol. The minimum Gasteiger partial charge on any atom is -0.489 e. The fraction of sp³-hybridized carbons (Fsp3) is 0.600. The summed E-state index contributed by atoms with van der Waals surface area (Å²) in [5.41, 5.74) is 0.486. The molecule has 0 aliphatic carbocycles. The summed E-state index contributed by atoms with van der Waals surface area (Å²) < 4.78 is 5.56. The zero-order valence-electron chi connectivity index (χ0n) is 13.0. The predicted octanol–water partition coefficient (Wildman–Crippen LogP) is 0.616. The van der Waals surface area contributed by atoms with Crippen LogP contribution >= 0.6 is 0 Å². The smallest absolute Gasteiger partial charge is 0.255 e. The largest absolute Gasteiger partial charge is 0.489 e. The Morgan fingerprint density at radius 1 is 1.43 bits per heavy atom. The highest BCUT2D eigenvalue weighted by atomic mass is 16.5. The van der Waals surface area contributed by atoms with E-state index < -0.39 is 6.10 Å². The molecule has 1 aromatic rings. The number of nitrogens with zero attached hydrogens (tertiary/aromatic N) is 3. The van der Waals surface area contributed by atoms with Crippen molar-refractivity contribution < 1.29 is 14.6 Å². The number of carbonyl (C=O) groups excluding carboxylic acids is 1. The van der Waals surface area contributed by atoms with Crippen molar-refractivity contribution in [3.8, 4) is 5.75 Å². The van der Waals surface area contributed by atoms with E-state index in [4.69, 9.17) is 4.74 Å². The second-order valence-corrected chi connectivity index (χ2v) is 5.88. The molecule has 1 fully saturated rings. The molecule has 0 aromatic carbocycles. The summed E-state index contributed by atoms with van der Waals surface area (Å²) in [7, 11) is 3.81. The Balaban J connectivity index is 2.10. The third kappa shape index (κ3) is 3.71. The van der Waals surface area contributed by atoms with Gasteiger partial charge in [-0.15, -0.1) is 0 Å². The van der Waals surface area contributed by atoms with E-state index in [0.29, 0.717) is 24.4 Å². The average molecular weight is 293 g/mol. The number of aromatic nitrogens is 1. The Kier molecular flexibility index (Phi) is 4.80. The summed E-state index contributed by atoms with van der Waals surface area (Å²) in [6, 6.07) is 1.67. The number of hydrogen-bond donors (Lipinski definition) is 1. The summed E-state index contributed by atoms with van der Waals surface area (Å²) in [4.78, 5) is 20.2. The van der Waals surface area contributed by atoms with Crippen LogP contribution in [0.25, 0.3) is 0 Å². The molecule has 1 aromatic heterocycles. The van der Waals surface area contributed by atoms with Gasteiger partial charge >= 0.3 is 0 Å². The van der Waals surface area contributed by atoms with Crippen molar-refractivity contribution in [2.75, 3.05) is 27.2 Å². The van der Waals surface area contributed by atoms with Gasteiger partial charge in [0.15, 0.2) is 0 Å². The molecule has 2 atom stereocenters. The molecule has 116 valence electrons. The number of rotatable bonds is 4. The molecule has 0 spiro atoms. The Morgan fingerprint density at radius 3 is 2.71 bits per heavy atom. The zero-order valence-corrected chi connectivity index (χ0v) is 13.0. The number of β-amino-alcohol motifs (C(OH)–C–C–N with tert-alkyl or cyclic N) is 1. The standard InChI is InChI=1S/C15H23N3O3/c1-10(2)21-12-5-11(6-16-7-12)15(20)18-8-13(17(3)4)14(19)9-18/h5-7,10,13-14,19H,8-9H2,1-4H3/t13-,14-/m0/s1. The third-order valence-electron chi connectivity index (χ3n) is 3.54. The van der Waals surface area contributed by atoms with E-state index in [-0.39, 0.29) is 18.1 Å². The van der Waals surface area contributed by atoms with Crippen molar-refractivity contribution in [1.82, 2.24) is 14.8 Å². The summed E-state index contributed by atoms with van der Waals surface area (Å²) in [6.07, 6.45) is 2.64. The van der Waals surface area contributed by atoms with Gasteiger partial charge in [0.1, 0.15) is 5.75 Å². The molecule has 6 nitrogen and oxygen atoms in total. The van der Waals surface area contributed by atoms with E-state index in [1.54, 1.807) is 17.2 Å². The molecule has 21 heavy (non-hydrogen) atoms. The zero-order chi connectivity index (χ0) is 15.6. The highest BCUT2D eigenvalue weighted by Gasteiger charge is 2.35. The van der Waals surface area contributed by atoms with Crippen molar-refractivity contribution in [2.24, 2.45) is 0 Å². The Hall–Kier alpha value is -1.66. The van der Waals surface area contributed by atoms with Gasteiger partial charge in [-0.2, -0.15) is 0 Å². The van der Waals surface area contributed by atoms with E-state index in [2.05, 4.69) is 4.98 Å². The molecule has 1 amide bonds. The van der Waals surface area contributed by atoms with E-state index in [0.717, 1.165) is 0 Å². The van der Waals surface area contributed by atoms with Gasteiger partial charge in [0, 0.05) is 19.3 Å². The van der Waals surface area contributed by atoms with Gasteiger partial charge in [-0.25, -0.2) is 0 Å². The third-order valence-corrected chi connectivity index (χ3v) is 3.54. The molecule has 1 aliphatic rings. The first-order chi connectivity index (χ1) is 9.88. The van der Waals surface area contributed by atoms with Gasteiger partial charge in [-0.1, -0.05) is 0 Å². The number of likely N-dealkylation sites (tertiary alicyclic amines) is 1. The van der Waals surface area contributed by atoms with Crippen LogP contribution in [0.5, 0.6) is 5.75 Å². The highest BCUT2D eigenvalue weighted by Crippen LogP contribution is 2.19. The SMILES string of the molecule is CC(C)Oc1cncc(C(=O)N2C[C@H](O)[C@@H](N(C)C)C2)c1. The lowest BCUT2D eigenvalue weighted by Gasteiger charge is -2.21. The number of aliphatic hydroxyl groups is 1.